The van der Waals surface area contributed by atoms with Gasteiger partial charge in [0.1, 0.15) is 6.04 Å². The molecular formula is C19H15F2N3O4S. The summed E-state index contributed by atoms with van der Waals surface area (Å²) in [5.41, 5.74) is 0.0829. The summed E-state index contributed by atoms with van der Waals surface area (Å²) in [6.07, 6.45) is 1.36. The number of furan rings is 1. The second kappa shape index (κ2) is 8.65. The predicted molar refractivity (Wildman–Crippen MR) is 102 cm³/mol. The average molecular weight is 419 g/mol. The van der Waals surface area contributed by atoms with E-state index in [4.69, 9.17) is 4.42 Å². The molecule has 7 nitrogen and oxygen atoms in total. The first-order valence-electron chi connectivity index (χ1n) is 8.31. The van der Waals surface area contributed by atoms with Crippen LogP contribution in [0.25, 0.3) is 0 Å². The molecule has 1 atom stereocenters. The van der Waals surface area contributed by atoms with E-state index in [1.165, 1.54) is 37.6 Å². The van der Waals surface area contributed by atoms with Crippen molar-refractivity contribution in [2.45, 2.75) is 6.04 Å². The third-order valence-corrected chi connectivity index (χ3v) is 4.87. The highest BCUT2D eigenvalue weighted by molar-refractivity contribution is 7.18. The van der Waals surface area contributed by atoms with E-state index in [-0.39, 0.29) is 16.2 Å². The van der Waals surface area contributed by atoms with Gasteiger partial charge in [-0.1, -0.05) is 6.07 Å². The molecule has 0 fully saturated rings. The summed E-state index contributed by atoms with van der Waals surface area (Å²) in [6, 6.07) is 7.75. The number of carbonyl (C=O) groups is 3. The Labute approximate surface area is 167 Å². The lowest BCUT2D eigenvalue weighted by molar-refractivity contribution is -0.122. The molecule has 0 spiro atoms. The highest BCUT2D eigenvalue weighted by Gasteiger charge is 2.24. The van der Waals surface area contributed by atoms with Crippen molar-refractivity contribution in [3.05, 3.63) is 76.6 Å². The quantitative estimate of drug-likeness (QED) is 0.572. The molecule has 150 valence electrons. The van der Waals surface area contributed by atoms with Crippen LogP contribution in [0.15, 0.2) is 53.1 Å². The highest BCUT2D eigenvalue weighted by Crippen LogP contribution is 2.24. The van der Waals surface area contributed by atoms with Crippen molar-refractivity contribution in [2.75, 3.05) is 12.4 Å². The molecule has 0 aliphatic rings. The smallest absolute Gasteiger partial charge is 0.291 e. The fourth-order valence-corrected chi connectivity index (χ4v) is 3.25. The number of benzene rings is 1. The molecule has 29 heavy (non-hydrogen) atoms. The highest BCUT2D eigenvalue weighted by atomic mass is 32.1. The van der Waals surface area contributed by atoms with Crippen molar-refractivity contribution in [2.24, 2.45) is 0 Å². The molecule has 2 heterocycles. The molecule has 3 aromatic rings. The zero-order chi connectivity index (χ0) is 21.0. The molecular weight excluding hydrogens is 404 g/mol. The lowest BCUT2D eigenvalue weighted by Gasteiger charge is -2.17. The van der Waals surface area contributed by atoms with E-state index < -0.39 is 35.4 Å². The minimum atomic E-state index is -1.23. The summed E-state index contributed by atoms with van der Waals surface area (Å²) in [5.74, 6) is -3.79. The van der Waals surface area contributed by atoms with Crippen LogP contribution in [0.5, 0.6) is 0 Å². The number of thiophene rings is 1. The Morgan fingerprint density at radius 1 is 1.03 bits per heavy atom. The second-order valence-electron chi connectivity index (χ2n) is 5.79. The zero-order valence-corrected chi connectivity index (χ0v) is 15.8. The molecule has 0 aliphatic carbocycles. The summed E-state index contributed by atoms with van der Waals surface area (Å²) in [4.78, 5) is 36.9. The van der Waals surface area contributed by atoms with Crippen LogP contribution < -0.4 is 16.0 Å². The van der Waals surface area contributed by atoms with Gasteiger partial charge in [-0.05, 0) is 42.0 Å². The van der Waals surface area contributed by atoms with Crippen molar-refractivity contribution in [1.82, 2.24) is 10.6 Å². The number of rotatable bonds is 6. The van der Waals surface area contributed by atoms with E-state index in [0.717, 1.165) is 23.5 Å². The first kappa shape index (κ1) is 20.2. The number of hydrogen-bond acceptors (Lipinski definition) is 5. The maximum Gasteiger partial charge on any atom is 0.291 e. The van der Waals surface area contributed by atoms with Gasteiger partial charge in [0.2, 0.25) is 5.91 Å². The molecule has 3 N–H and O–H groups in total. The Morgan fingerprint density at radius 2 is 1.83 bits per heavy atom. The fraction of sp³-hybridized carbons (Fsp3) is 0.105. The van der Waals surface area contributed by atoms with Crippen LogP contribution in [-0.2, 0) is 4.79 Å². The van der Waals surface area contributed by atoms with E-state index in [9.17, 15) is 23.2 Å². The number of halogens is 2. The van der Waals surface area contributed by atoms with Crippen LogP contribution in [-0.4, -0.2) is 24.8 Å². The van der Waals surface area contributed by atoms with Gasteiger partial charge in [-0.15, -0.1) is 11.3 Å². The number of nitrogens with one attached hydrogen (secondary N) is 3. The van der Waals surface area contributed by atoms with Gasteiger partial charge in [-0.25, -0.2) is 8.78 Å². The lowest BCUT2D eigenvalue weighted by Crippen LogP contribution is -2.38. The van der Waals surface area contributed by atoms with Crippen molar-refractivity contribution in [1.29, 1.82) is 0 Å². The molecule has 10 heteroatoms. The number of amides is 3. The minimum Gasteiger partial charge on any atom is -0.459 e. The molecule has 3 rings (SSSR count). The van der Waals surface area contributed by atoms with E-state index >= 15 is 0 Å². The van der Waals surface area contributed by atoms with Crippen LogP contribution in [0, 0.1) is 11.6 Å². The number of carbonyl (C=O) groups excluding carboxylic acids is 3. The van der Waals surface area contributed by atoms with Gasteiger partial charge in [0, 0.05) is 7.05 Å². The number of likely N-dealkylation sites (N-methyl/N-ethyl adjacent to an activating group) is 1. The van der Waals surface area contributed by atoms with E-state index in [1.54, 1.807) is 6.07 Å². The first-order valence-corrected chi connectivity index (χ1v) is 9.12. The molecule has 3 amide bonds. The Morgan fingerprint density at radius 3 is 2.48 bits per heavy atom. The van der Waals surface area contributed by atoms with Crippen LogP contribution in [0.4, 0.5) is 13.8 Å². The van der Waals surface area contributed by atoms with E-state index in [2.05, 4.69) is 16.0 Å². The van der Waals surface area contributed by atoms with E-state index in [1.807, 2.05) is 0 Å². The SMILES string of the molecule is CNC(=O)C(NC(=O)c1ccc(NC(=O)c2ccco2)s1)c1ccc(F)c(F)c1. The predicted octanol–water partition coefficient (Wildman–Crippen LogP) is 3.09. The standard InChI is InChI=1S/C19H15F2N3O4S/c1-22-19(27)16(10-4-5-11(20)12(21)9-10)24-18(26)14-6-7-15(29-14)23-17(25)13-3-2-8-28-13/h2-9,16H,1H3,(H,22,27)(H,23,25)(H,24,26). The number of anilines is 1. The fourth-order valence-electron chi connectivity index (χ4n) is 2.45. The summed E-state index contributed by atoms with van der Waals surface area (Å²) in [7, 11) is 1.36. The Balaban J connectivity index is 1.74. The van der Waals surface area contributed by atoms with Crippen molar-refractivity contribution in [3.63, 3.8) is 0 Å². The van der Waals surface area contributed by atoms with Gasteiger partial charge >= 0.3 is 0 Å². The van der Waals surface area contributed by atoms with Gasteiger partial charge in [-0.3, -0.25) is 14.4 Å². The minimum absolute atomic E-state index is 0.0829. The molecule has 2 aromatic heterocycles. The molecule has 0 bridgehead atoms. The Hall–Kier alpha value is -3.53. The van der Waals surface area contributed by atoms with Gasteiger partial charge in [0.15, 0.2) is 17.4 Å². The third-order valence-electron chi connectivity index (χ3n) is 3.87. The molecule has 1 aromatic carbocycles. The molecule has 1 unspecified atom stereocenters. The average Bonchev–Trinajstić information content (AvgIpc) is 3.39. The van der Waals surface area contributed by atoms with Crippen LogP contribution in [0.1, 0.15) is 31.8 Å². The van der Waals surface area contributed by atoms with E-state index in [0.29, 0.717) is 5.00 Å². The summed E-state index contributed by atoms with van der Waals surface area (Å²) < 4.78 is 31.7. The summed E-state index contributed by atoms with van der Waals surface area (Å²) in [6.45, 7) is 0. The normalized spacial score (nSPS) is 11.6. The largest absolute Gasteiger partial charge is 0.459 e. The Bertz CT molecular complexity index is 1050. The van der Waals surface area contributed by atoms with Crippen molar-refractivity contribution in [3.8, 4) is 0 Å². The van der Waals surface area contributed by atoms with Gasteiger partial charge < -0.3 is 20.4 Å². The molecule has 0 saturated carbocycles. The Kier molecular flexibility index (Phi) is 6.03. The maximum atomic E-state index is 13.5. The summed E-state index contributed by atoms with van der Waals surface area (Å²) >= 11 is 0.977. The van der Waals surface area contributed by atoms with Crippen LogP contribution in [0.3, 0.4) is 0 Å². The zero-order valence-electron chi connectivity index (χ0n) is 15.0. The van der Waals surface area contributed by atoms with Gasteiger partial charge in [0.05, 0.1) is 16.1 Å². The first-order chi connectivity index (χ1) is 13.9. The second-order valence-corrected chi connectivity index (χ2v) is 6.87. The topological polar surface area (TPSA) is 100 Å². The maximum absolute atomic E-state index is 13.5. The number of hydrogen-bond donors (Lipinski definition) is 3. The molecule has 0 radical (unpaired) electrons. The summed E-state index contributed by atoms with van der Waals surface area (Å²) in [5, 5.41) is 7.82. The van der Waals surface area contributed by atoms with Crippen LogP contribution in [0.2, 0.25) is 0 Å². The van der Waals surface area contributed by atoms with Crippen molar-refractivity contribution < 1.29 is 27.6 Å². The van der Waals surface area contributed by atoms with Crippen LogP contribution >= 0.6 is 11.3 Å². The third kappa shape index (κ3) is 4.66. The molecule has 0 saturated heterocycles. The van der Waals surface area contributed by atoms with Gasteiger partial charge in [0.25, 0.3) is 11.8 Å². The van der Waals surface area contributed by atoms with Crippen molar-refractivity contribution >= 4 is 34.1 Å². The lowest BCUT2D eigenvalue weighted by atomic mass is 10.1. The molecule has 0 aliphatic heterocycles. The monoisotopic (exact) mass is 419 g/mol. The van der Waals surface area contributed by atoms with Gasteiger partial charge in [-0.2, -0.15) is 0 Å².